The molecule has 0 aromatic heterocycles. The lowest BCUT2D eigenvalue weighted by molar-refractivity contribution is -0.127. The van der Waals surface area contributed by atoms with Crippen molar-refractivity contribution in [2.45, 2.75) is 65.6 Å². The van der Waals surface area contributed by atoms with Gasteiger partial charge in [-0.25, -0.2) is 0 Å². The lowest BCUT2D eigenvalue weighted by atomic mass is 10.1. The van der Waals surface area contributed by atoms with Crippen molar-refractivity contribution in [3.8, 4) is 5.75 Å². The van der Waals surface area contributed by atoms with E-state index in [0.717, 1.165) is 24.0 Å². The van der Waals surface area contributed by atoms with Crippen molar-refractivity contribution >= 4 is 5.91 Å². The van der Waals surface area contributed by atoms with Crippen LogP contribution in [0.25, 0.3) is 0 Å². The second-order valence-electron chi connectivity index (χ2n) is 5.79. The second kappa shape index (κ2) is 8.03. The predicted molar refractivity (Wildman–Crippen MR) is 86.4 cm³/mol. The van der Waals surface area contributed by atoms with Gasteiger partial charge in [0.2, 0.25) is 0 Å². The summed E-state index contributed by atoms with van der Waals surface area (Å²) in [7, 11) is 0. The van der Waals surface area contributed by atoms with E-state index >= 15 is 0 Å². The van der Waals surface area contributed by atoms with E-state index in [2.05, 4.69) is 12.2 Å². The Bertz CT molecular complexity index is 472. The molecule has 21 heavy (non-hydrogen) atoms. The molecule has 0 aliphatic heterocycles. The topological polar surface area (TPSA) is 64.3 Å². The summed E-state index contributed by atoms with van der Waals surface area (Å²) in [4.78, 5) is 12.1. The molecule has 1 aromatic rings. The lowest BCUT2D eigenvalue weighted by Gasteiger charge is -2.21. The van der Waals surface area contributed by atoms with E-state index < -0.39 is 6.10 Å². The number of rotatable bonds is 7. The minimum absolute atomic E-state index is 0.0906. The molecule has 0 fully saturated rings. The molecule has 3 atom stereocenters. The molecule has 0 spiro atoms. The minimum Gasteiger partial charge on any atom is -0.481 e. The summed E-state index contributed by atoms with van der Waals surface area (Å²) in [6, 6.07) is 5.89. The third-order valence-corrected chi connectivity index (χ3v) is 3.44. The van der Waals surface area contributed by atoms with Crippen LogP contribution in [-0.2, 0) is 4.79 Å². The maximum atomic E-state index is 12.1. The Balaban J connectivity index is 2.74. The fraction of sp³-hybridized carbons (Fsp3) is 0.588. The molecule has 1 rings (SSSR count). The van der Waals surface area contributed by atoms with Crippen molar-refractivity contribution in [3.05, 3.63) is 29.3 Å². The monoisotopic (exact) mass is 292 g/mol. The molecule has 0 bridgehead atoms. The molecule has 0 radical (unpaired) electrons. The van der Waals surface area contributed by atoms with Gasteiger partial charge in [0.15, 0.2) is 6.10 Å². The molecular weight excluding hydrogens is 264 g/mol. The summed E-state index contributed by atoms with van der Waals surface area (Å²) < 4.78 is 5.81. The highest BCUT2D eigenvalue weighted by Gasteiger charge is 2.18. The molecule has 1 amide bonds. The van der Waals surface area contributed by atoms with Gasteiger partial charge < -0.3 is 15.8 Å². The molecular formula is C17H28N2O2. The van der Waals surface area contributed by atoms with Gasteiger partial charge >= 0.3 is 0 Å². The highest BCUT2D eigenvalue weighted by molar-refractivity contribution is 5.81. The van der Waals surface area contributed by atoms with Gasteiger partial charge in [-0.1, -0.05) is 31.0 Å². The first-order valence-corrected chi connectivity index (χ1v) is 7.68. The number of hydrogen-bond acceptors (Lipinski definition) is 3. The zero-order valence-corrected chi connectivity index (χ0v) is 13.8. The van der Waals surface area contributed by atoms with Crippen LogP contribution in [0, 0.1) is 6.92 Å². The molecule has 1 aromatic carbocycles. The normalized spacial score (nSPS) is 15.1. The molecule has 118 valence electrons. The lowest BCUT2D eigenvalue weighted by Crippen LogP contribution is -2.41. The van der Waals surface area contributed by atoms with Crippen LogP contribution in [-0.4, -0.2) is 18.1 Å². The van der Waals surface area contributed by atoms with Gasteiger partial charge in [0.1, 0.15) is 5.75 Å². The fourth-order valence-electron chi connectivity index (χ4n) is 2.24. The number of ether oxygens (including phenoxy) is 1. The van der Waals surface area contributed by atoms with Gasteiger partial charge in [-0.2, -0.15) is 0 Å². The van der Waals surface area contributed by atoms with E-state index in [1.807, 2.05) is 39.0 Å². The zero-order chi connectivity index (χ0) is 16.0. The van der Waals surface area contributed by atoms with Crippen molar-refractivity contribution in [2.75, 3.05) is 0 Å². The summed E-state index contributed by atoms with van der Waals surface area (Å²) in [5.41, 5.74) is 8.03. The maximum absolute atomic E-state index is 12.1. The van der Waals surface area contributed by atoms with Crippen LogP contribution in [0.2, 0.25) is 0 Å². The third kappa shape index (κ3) is 5.38. The number of amides is 1. The summed E-state index contributed by atoms with van der Waals surface area (Å²) in [6.07, 6.45) is 1.47. The zero-order valence-electron chi connectivity index (χ0n) is 13.8. The Morgan fingerprint density at radius 1 is 1.33 bits per heavy atom. The van der Waals surface area contributed by atoms with Crippen LogP contribution < -0.4 is 15.8 Å². The summed E-state index contributed by atoms with van der Waals surface area (Å²) in [5.74, 6) is 0.591. The standard InChI is InChI=1S/C17H28N2O2/c1-6-7-12(3)19-17(20)14(5)21-16-9-8-11(2)10-15(16)13(4)18/h8-10,12-14H,6-7,18H2,1-5H3,(H,19,20). The number of nitrogens with one attached hydrogen (secondary N) is 1. The quantitative estimate of drug-likeness (QED) is 0.811. The van der Waals surface area contributed by atoms with E-state index in [1.54, 1.807) is 6.92 Å². The van der Waals surface area contributed by atoms with Crippen molar-refractivity contribution < 1.29 is 9.53 Å². The smallest absolute Gasteiger partial charge is 0.260 e. The second-order valence-corrected chi connectivity index (χ2v) is 5.79. The van der Waals surface area contributed by atoms with Crippen LogP contribution >= 0.6 is 0 Å². The molecule has 3 unspecified atom stereocenters. The average Bonchev–Trinajstić information content (AvgIpc) is 2.40. The fourth-order valence-corrected chi connectivity index (χ4v) is 2.24. The number of carbonyl (C=O) groups excluding carboxylic acids is 1. The van der Waals surface area contributed by atoms with Crippen molar-refractivity contribution in [1.29, 1.82) is 0 Å². The molecule has 4 heteroatoms. The number of aryl methyl sites for hydroxylation is 1. The molecule has 0 aliphatic rings. The number of hydrogen-bond donors (Lipinski definition) is 2. The first-order valence-electron chi connectivity index (χ1n) is 7.68. The Hall–Kier alpha value is -1.55. The average molecular weight is 292 g/mol. The number of carbonyl (C=O) groups is 1. The van der Waals surface area contributed by atoms with E-state index in [4.69, 9.17) is 10.5 Å². The van der Waals surface area contributed by atoms with Crippen LogP contribution in [0.1, 0.15) is 57.7 Å². The Morgan fingerprint density at radius 3 is 2.57 bits per heavy atom. The Kier molecular flexibility index (Phi) is 6.69. The van der Waals surface area contributed by atoms with Gasteiger partial charge in [0.25, 0.3) is 5.91 Å². The van der Waals surface area contributed by atoms with Gasteiger partial charge in [-0.05, 0) is 40.2 Å². The highest BCUT2D eigenvalue weighted by atomic mass is 16.5. The first-order chi connectivity index (χ1) is 9.85. The van der Waals surface area contributed by atoms with E-state index in [1.165, 1.54) is 0 Å². The van der Waals surface area contributed by atoms with Gasteiger partial charge in [-0.15, -0.1) is 0 Å². The van der Waals surface area contributed by atoms with Gasteiger partial charge in [-0.3, -0.25) is 4.79 Å². The molecule has 0 saturated heterocycles. The largest absolute Gasteiger partial charge is 0.481 e. The van der Waals surface area contributed by atoms with Crippen LogP contribution in [0.5, 0.6) is 5.75 Å². The Labute approximate surface area is 128 Å². The third-order valence-electron chi connectivity index (χ3n) is 3.44. The van der Waals surface area contributed by atoms with Gasteiger partial charge in [0.05, 0.1) is 0 Å². The SMILES string of the molecule is CCCC(C)NC(=O)C(C)Oc1ccc(C)cc1C(C)N. The highest BCUT2D eigenvalue weighted by Crippen LogP contribution is 2.26. The summed E-state index contributed by atoms with van der Waals surface area (Å²) in [5, 5.41) is 2.97. The van der Waals surface area contributed by atoms with E-state index in [0.29, 0.717) is 5.75 Å². The molecule has 0 saturated carbocycles. The minimum atomic E-state index is -0.537. The predicted octanol–water partition coefficient (Wildman–Crippen LogP) is 3.09. The number of benzene rings is 1. The molecule has 4 nitrogen and oxygen atoms in total. The molecule has 0 heterocycles. The molecule has 0 aliphatic carbocycles. The summed E-state index contributed by atoms with van der Waals surface area (Å²) >= 11 is 0. The van der Waals surface area contributed by atoms with Crippen LogP contribution in [0.4, 0.5) is 0 Å². The molecule has 3 N–H and O–H groups in total. The van der Waals surface area contributed by atoms with Crippen LogP contribution in [0.3, 0.4) is 0 Å². The summed E-state index contributed by atoms with van der Waals surface area (Å²) in [6.45, 7) is 9.80. The van der Waals surface area contributed by atoms with Crippen molar-refractivity contribution in [1.82, 2.24) is 5.32 Å². The van der Waals surface area contributed by atoms with Gasteiger partial charge in [0, 0.05) is 17.6 Å². The van der Waals surface area contributed by atoms with E-state index in [-0.39, 0.29) is 18.0 Å². The van der Waals surface area contributed by atoms with Crippen LogP contribution in [0.15, 0.2) is 18.2 Å². The van der Waals surface area contributed by atoms with E-state index in [9.17, 15) is 4.79 Å². The number of nitrogens with two attached hydrogens (primary N) is 1. The maximum Gasteiger partial charge on any atom is 0.260 e. The Morgan fingerprint density at radius 2 is 2.00 bits per heavy atom. The van der Waals surface area contributed by atoms with Crippen molar-refractivity contribution in [3.63, 3.8) is 0 Å². The van der Waals surface area contributed by atoms with Crippen molar-refractivity contribution in [2.24, 2.45) is 5.73 Å². The first kappa shape index (κ1) is 17.5.